The number of nitrogens with one attached hydrogen (secondary N) is 3. The molecule has 1 aliphatic heterocycles. The fraction of sp³-hybridized carbons (Fsp3) is 0.350. The maximum absolute atomic E-state index is 12.0. The van der Waals surface area contributed by atoms with Gasteiger partial charge in [-0.3, -0.25) is 0 Å². The fourth-order valence-corrected chi connectivity index (χ4v) is 3.58. The lowest BCUT2D eigenvalue weighted by atomic mass is 10.1. The summed E-state index contributed by atoms with van der Waals surface area (Å²) in [6, 6.07) is 18.1. The van der Waals surface area contributed by atoms with Crippen LogP contribution in [0.15, 0.2) is 54.6 Å². The molecule has 0 bridgehead atoms. The van der Waals surface area contributed by atoms with E-state index in [1.807, 2.05) is 0 Å². The number of urea groups is 1. The summed E-state index contributed by atoms with van der Waals surface area (Å²) < 4.78 is 0. The van der Waals surface area contributed by atoms with Crippen LogP contribution in [0.25, 0.3) is 0 Å². The summed E-state index contributed by atoms with van der Waals surface area (Å²) in [5.74, 6) is 0.525. The third-order valence-corrected chi connectivity index (χ3v) is 5.24. The van der Waals surface area contributed by atoms with Crippen LogP contribution in [0, 0.1) is 5.92 Å². The van der Waals surface area contributed by atoms with E-state index in [4.69, 9.17) is 11.6 Å². The van der Waals surface area contributed by atoms with E-state index in [0.717, 1.165) is 25.2 Å². The van der Waals surface area contributed by atoms with Gasteiger partial charge in [0.1, 0.15) is 6.04 Å². The van der Waals surface area contributed by atoms with Crippen molar-refractivity contribution in [3.05, 3.63) is 65.2 Å². The van der Waals surface area contributed by atoms with Crippen molar-refractivity contribution in [2.75, 3.05) is 25.0 Å². The fourth-order valence-electron chi connectivity index (χ4n) is 3.45. The summed E-state index contributed by atoms with van der Waals surface area (Å²) in [6.07, 6.45) is 1.15. The number of halogens is 1. The minimum absolute atomic E-state index is 0.160. The molecule has 4 nitrogen and oxygen atoms in total. The van der Waals surface area contributed by atoms with Crippen molar-refractivity contribution in [1.82, 2.24) is 5.32 Å². The first-order valence-electron chi connectivity index (χ1n) is 8.82. The van der Waals surface area contributed by atoms with Crippen LogP contribution in [0.1, 0.15) is 24.9 Å². The Hall–Kier alpha value is -2.04. The smallest absolute Gasteiger partial charge is 0.319 e. The molecule has 0 spiro atoms. The first kappa shape index (κ1) is 17.8. The molecule has 0 saturated carbocycles. The van der Waals surface area contributed by atoms with Crippen LogP contribution in [0.3, 0.4) is 0 Å². The van der Waals surface area contributed by atoms with Crippen LogP contribution in [0.4, 0.5) is 10.5 Å². The maximum Gasteiger partial charge on any atom is 0.319 e. The van der Waals surface area contributed by atoms with Crippen molar-refractivity contribution >= 4 is 23.3 Å². The molecule has 0 aromatic heterocycles. The predicted molar refractivity (Wildman–Crippen MR) is 102 cm³/mol. The van der Waals surface area contributed by atoms with Gasteiger partial charge in [-0.15, -0.1) is 0 Å². The number of hydrogen-bond acceptors (Lipinski definition) is 1. The lowest BCUT2D eigenvalue weighted by molar-refractivity contribution is -0.919. The minimum atomic E-state index is -0.160. The van der Waals surface area contributed by atoms with Crippen molar-refractivity contribution in [1.29, 1.82) is 0 Å². The van der Waals surface area contributed by atoms with E-state index in [2.05, 4.69) is 47.9 Å². The van der Waals surface area contributed by atoms with Crippen LogP contribution < -0.4 is 15.5 Å². The number of benzene rings is 2. The molecule has 0 aliphatic carbocycles. The highest BCUT2D eigenvalue weighted by molar-refractivity contribution is 6.30. The molecule has 1 heterocycles. The molecule has 3 unspecified atom stereocenters. The summed E-state index contributed by atoms with van der Waals surface area (Å²) in [5.41, 5.74) is 2.13. The summed E-state index contributed by atoms with van der Waals surface area (Å²) in [7, 11) is 0. The first-order chi connectivity index (χ1) is 12.1. The second-order valence-corrected chi connectivity index (χ2v) is 7.18. The summed E-state index contributed by atoms with van der Waals surface area (Å²) in [6.45, 7) is 5.25. The van der Waals surface area contributed by atoms with Crippen molar-refractivity contribution < 1.29 is 9.69 Å². The van der Waals surface area contributed by atoms with Crippen molar-refractivity contribution in [2.45, 2.75) is 19.4 Å². The summed E-state index contributed by atoms with van der Waals surface area (Å²) in [5, 5.41) is 6.49. The molecule has 3 N–H and O–H groups in total. The standard InChI is InChI=1S/C20H24ClN3O/c1-15(17-5-3-2-4-6-17)24-12-11-16(14-24)13-22-20(25)23-19-9-7-18(21)8-10-19/h2-10,15-16H,11-14H2,1H3,(H2,22,23,25)/p+1. The molecule has 1 fully saturated rings. The first-order valence-corrected chi connectivity index (χ1v) is 9.19. The highest BCUT2D eigenvalue weighted by Crippen LogP contribution is 2.14. The van der Waals surface area contributed by atoms with Gasteiger partial charge in [-0.05, 0) is 31.2 Å². The highest BCUT2D eigenvalue weighted by Gasteiger charge is 2.30. The van der Waals surface area contributed by atoms with Crippen LogP contribution in [0.2, 0.25) is 5.02 Å². The Morgan fingerprint density at radius 3 is 2.64 bits per heavy atom. The van der Waals surface area contributed by atoms with Gasteiger partial charge >= 0.3 is 6.03 Å². The molecule has 1 aliphatic rings. The molecule has 3 atom stereocenters. The van der Waals surface area contributed by atoms with E-state index in [9.17, 15) is 4.79 Å². The molecule has 132 valence electrons. The second kappa shape index (κ2) is 8.37. The molecule has 0 radical (unpaired) electrons. The van der Waals surface area contributed by atoms with Gasteiger partial charge in [0.25, 0.3) is 0 Å². The monoisotopic (exact) mass is 358 g/mol. The Balaban J connectivity index is 1.44. The zero-order chi connectivity index (χ0) is 17.6. The van der Waals surface area contributed by atoms with Gasteiger partial charge in [0.15, 0.2) is 0 Å². The Kier molecular flexibility index (Phi) is 5.95. The molecular formula is C20H25ClN3O+. The van der Waals surface area contributed by atoms with E-state index in [1.165, 1.54) is 5.56 Å². The Bertz CT molecular complexity index is 690. The minimum Gasteiger partial charge on any atom is -0.337 e. The molecule has 3 rings (SSSR count). The predicted octanol–water partition coefficient (Wildman–Crippen LogP) is 3.13. The Morgan fingerprint density at radius 1 is 1.20 bits per heavy atom. The van der Waals surface area contributed by atoms with E-state index >= 15 is 0 Å². The molecular weight excluding hydrogens is 334 g/mol. The normalized spacial score (nSPS) is 20.9. The molecule has 2 amide bonds. The molecule has 1 saturated heterocycles. The second-order valence-electron chi connectivity index (χ2n) is 6.74. The van der Waals surface area contributed by atoms with Crippen LogP contribution in [0.5, 0.6) is 0 Å². The number of amides is 2. The average Bonchev–Trinajstić information content (AvgIpc) is 3.11. The summed E-state index contributed by atoms with van der Waals surface area (Å²) >= 11 is 5.85. The third kappa shape index (κ3) is 4.97. The van der Waals surface area contributed by atoms with Gasteiger partial charge in [-0.25, -0.2) is 4.79 Å². The number of likely N-dealkylation sites (tertiary alicyclic amines) is 1. The average molecular weight is 359 g/mol. The number of anilines is 1. The van der Waals surface area contributed by atoms with E-state index in [0.29, 0.717) is 23.5 Å². The van der Waals surface area contributed by atoms with E-state index < -0.39 is 0 Å². The highest BCUT2D eigenvalue weighted by atomic mass is 35.5. The number of hydrogen-bond donors (Lipinski definition) is 3. The zero-order valence-electron chi connectivity index (χ0n) is 14.5. The Labute approximate surface area is 154 Å². The van der Waals surface area contributed by atoms with Crippen LogP contribution in [-0.4, -0.2) is 25.7 Å². The van der Waals surface area contributed by atoms with Crippen molar-refractivity contribution in [3.8, 4) is 0 Å². The number of carbonyl (C=O) groups excluding carboxylic acids is 1. The van der Waals surface area contributed by atoms with Gasteiger partial charge in [0.05, 0.1) is 13.1 Å². The van der Waals surface area contributed by atoms with Crippen LogP contribution >= 0.6 is 11.6 Å². The van der Waals surface area contributed by atoms with Gasteiger partial charge in [0.2, 0.25) is 0 Å². The summed E-state index contributed by atoms with van der Waals surface area (Å²) in [4.78, 5) is 13.6. The molecule has 5 heteroatoms. The molecule has 25 heavy (non-hydrogen) atoms. The van der Waals surface area contributed by atoms with E-state index in [-0.39, 0.29) is 6.03 Å². The molecule has 2 aromatic carbocycles. The van der Waals surface area contributed by atoms with Crippen molar-refractivity contribution in [2.24, 2.45) is 5.92 Å². The number of carbonyl (C=O) groups is 1. The van der Waals surface area contributed by atoms with Gasteiger partial charge < -0.3 is 15.5 Å². The Morgan fingerprint density at radius 2 is 1.92 bits per heavy atom. The number of rotatable bonds is 5. The molecule has 2 aromatic rings. The lowest BCUT2D eigenvalue weighted by Crippen LogP contribution is -3.10. The van der Waals surface area contributed by atoms with Gasteiger partial charge in [0, 0.05) is 35.2 Å². The third-order valence-electron chi connectivity index (χ3n) is 4.99. The largest absolute Gasteiger partial charge is 0.337 e. The lowest BCUT2D eigenvalue weighted by Gasteiger charge is -2.22. The van der Waals surface area contributed by atoms with Crippen LogP contribution in [-0.2, 0) is 0 Å². The SMILES string of the molecule is CC(c1ccccc1)[NH+]1CCC(CNC(=O)Nc2ccc(Cl)cc2)C1. The van der Waals surface area contributed by atoms with E-state index in [1.54, 1.807) is 29.2 Å². The topological polar surface area (TPSA) is 45.6 Å². The quantitative estimate of drug-likeness (QED) is 0.755. The zero-order valence-corrected chi connectivity index (χ0v) is 15.2. The van der Waals surface area contributed by atoms with Crippen molar-refractivity contribution in [3.63, 3.8) is 0 Å². The van der Waals surface area contributed by atoms with Gasteiger partial charge in [-0.2, -0.15) is 0 Å². The van der Waals surface area contributed by atoms with Gasteiger partial charge in [-0.1, -0.05) is 41.9 Å². The number of quaternary nitrogens is 1. The maximum atomic E-state index is 12.0.